The summed E-state index contributed by atoms with van der Waals surface area (Å²) in [6.45, 7) is 3.68. The van der Waals surface area contributed by atoms with Crippen molar-refractivity contribution in [3.05, 3.63) is 135 Å². The summed E-state index contributed by atoms with van der Waals surface area (Å²) in [4.78, 5) is 45.6. The van der Waals surface area contributed by atoms with Crippen LogP contribution in [0.25, 0.3) is 11.3 Å². The van der Waals surface area contributed by atoms with Crippen molar-refractivity contribution in [2.75, 3.05) is 7.11 Å². The number of imidazole rings is 1. The summed E-state index contributed by atoms with van der Waals surface area (Å²) >= 11 is 0. The first-order valence-electron chi connectivity index (χ1n) is 14.9. The highest BCUT2D eigenvalue weighted by Crippen LogP contribution is 2.34. The van der Waals surface area contributed by atoms with Gasteiger partial charge in [-0.1, -0.05) is 29.8 Å². The van der Waals surface area contributed by atoms with Crippen LogP contribution in [0.1, 0.15) is 43.9 Å². The third-order valence-corrected chi connectivity index (χ3v) is 7.80. The number of H-pyrrole nitrogens is 1. The van der Waals surface area contributed by atoms with Gasteiger partial charge in [-0.05, 0) is 79.1 Å². The molecule has 0 aliphatic rings. The molecule has 0 spiro atoms. The van der Waals surface area contributed by atoms with Crippen LogP contribution in [0.5, 0.6) is 11.5 Å². The first-order valence-corrected chi connectivity index (χ1v) is 14.9. The average molecular weight is 670 g/mol. The van der Waals surface area contributed by atoms with Crippen molar-refractivity contribution in [2.24, 2.45) is 0 Å². The SMILES string of the molecule is COC(=O)[C@H](Cc1cnc[nH]1)NC(=O)c1cccc(Oc2ccc(-c3cc(C(F)(F)F)c(C#N)c(=O)n3Cc3ccc(C)cc3C)cc2)c1. The third-order valence-electron chi connectivity index (χ3n) is 7.80. The summed E-state index contributed by atoms with van der Waals surface area (Å²) in [5, 5.41) is 12.2. The molecule has 0 fully saturated rings. The lowest BCUT2D eigenvalue weighted by Crippen LogP contribution is -2.43. The number of methoxy groups -OCH3 is 1. The molecule has 0 aliphatic carbocycles. The molecule has 10 nitrogen and oxygen atoms in total. The summed E-state index contributed by atoms with van der Waals surface area (Å²) in [7, 11) is 1.22. The van der Waals surface area contributed by atoms with Crippen LogP contribution in [-0.4, -0.2) is 39.6 Å². The molecule has 0 saturated heterocycles. The summed E-state index contributed by atoms with van der Waals surface area (Å²) < 4.78 is 54.0. The smallest absolute Gasteiger partial charge is 0.417 e. The maximum absolute atomic E-state index is 14.0. The van der Waals surface area contributed by atoms with E-state index in [1.165, 1.54) is 62.1 Å². The van der Waals surface area contributed by atoms with Gasteiger partial charge in [0.15, 0.2) is 0 Å². The Labute approximate surface area is 278 Å². The van der Waals surface area contributed by atoms with Crippen molar-refractivity contribution in [3.8, 4) is 28.8 Å². The monoisotopic (exact) mass is 669 g/mol. The van der Waals surface area contributed by atoms with Gasteiger partial charge in [0.2, 0.25) is 0 Å². The number of nitrogens with zero attached hydrogens (tertiary/aromatic N) is 3. The molecule has 0 saturated carbocycles. The van der Waals surface area contributed by atoms with Crippen molar-refractivity contribution >= 4 is 11.9 Å². The van der Waals surface area contributed by atoms with Crippen LogP contribution in [-0.2, 0) is 28.7 Å². The molecule has 3 aromatic carbocycles. The maximum atomic E-state index is 14.0. The van der Waals surface area contributed by atoms with E-state index in [2.05, 4.69) is 15.3 Å². The predicted molar refractivity (Wildman–Crippen MR) is 173 cm³/mol. The number of nitriles is 1. The number of benzene rings is 3. The van der Waals surface area contributed by atoms with Crippen LogP contribution in [0.2, 0.25) is 0 Å². The van der Waals surface area contributed by atoms with Crippen molar-refractivity contribution in [3.63, 3.8) is 0 Å². The lowest BCUT2D eigenvalue weighted by molar-refractivity contribution is -0.143. The number of carbonyl (C=O) groups is 2. The van der Waals surface area contributed by atoms with E-state index < -0.39 is 40.8 Å². The van der Waals surface area contributed by atoms with Gasteiger partial charge in [0.05, 0.1) is 31.2 Å². The van der Waals surface area contributed by atoms with Crippen molar-refractivity contribution in [1.82, 2.24) is 19.9 Å². The largest absolute Gasteiger partial charge is 0.467 e. The van der Waals surface area contributed by atoms with Gasteiger partial charge >= 0.3 is 12.1 Å². The summed E-state index contributed by atoms with van der Waals surface area (Å²) in [6, 6.07) is 19.0. The van der Waals surface area contributed by atoms with E-state index in [-0.39, 0.29) is 35.5 Å². The number of esters is 1. The first-order chi connectivity index (χ1) is 23.4. The second kappa shape index (κ2) is 14.3. The van der Waals surface area contributed by atoms with Crippen LogP contribution in [0.4, 0.5) is 13.2 Å². The molecule has 13 heteroatoms. The van der Waals surface area contributed by atoms with Gasteiger partial charge in [-0.25, -0.2) is 9.78 Å². The first kappa shape index (κ1) is 34.2. The van der Waals surface area contributed by atoms with E-state index in [0.29, 0.717) is 17.0 Å². The summed E-state index contributed by atoms with van der Waals surface area (Å²) in [5.74, 6) is -0.632. The van der Waals surface area contributed by atoms with Crippen molar-refractivity contribution in [2.45, 2.75) is 39.0 Å². The Bertz CT molecular complexity index is 2100. The Morgan fingerprint density at radius 3 is 2.43 bits per heavy atom. The number of hydrogen-bond donors (Lipinski definition) is 2. The number of halogens is 3. The summed E-state index contributed by atoms with van der Waals surface area (Å²) in [6.07, 6.45) is -1.83. The molecular weight excluding hydrogens is 639 g/mol. The average Bonchev–Trinajstić information content (AvgIpc) is 3.59. The van der Waals surface area contributed by atoms with Crippen molar-refractivity contribution < 1.29 is 32.2 Å². The van der Waals surface area contributed by atoms with E-state index in [1.54, 1.807) is 18.2 Å². The van der Waals surface area contributed by atoms with Crippen LogP contribution >= 0.6 is 0 Å². The van der Waals surface area contributed by atoms with Crippen LogP contribution in [0, 0.1) is 25.2 Å². The van der Waals surface area contributed by atoms with E-state index >= 15 is 0 Å². The lowest BCUT2D eigenvalue weighted by Gasteiger charge is -2.19. The number of aromatic nitrogens is 3. The van der Waals surface area contributed by atoms with Gasteiger partial charge in [-0.2, -0.15) is 18.4 Å². The van der Waals surface area contributed by atoms with Crippen molar-refractivity contribution in [1.29, 1.82) is 5.26 Å². The fourth-order valence-electron chi connectivity index (χ4n) is 5.29. The minimum absolute atomic E-state index is 0.0307. The number of rotatable bonds is 10. The molecule has 2 N–H and O–H groups in total. The highest BCUT2D eigenvalue weighted by Gasteiger charge is 2.36. The van der Waals surface area contributed by atoms with Gasteiger partial charge in [0.25, 0.3) is 11.5 Å². The zero-order chi connectivity index (χ0) is 35.3. The second-order valence-electron chi connectivity index (χ2n) is 11.2. The molecule has 5 aromatic rings. The quantitative estimate of drug-likeness (QED) is 0.171. The number of amides is 1. The highest BCUT2D eigenvalue weighted by atomic mass is 19.4. The Morgan fingerprint density at radius 1 is 1.04 bits per heavy atom. The van der Waals surface area contributed by atoms with Crippen LogP contribution in [0.3, 0.4) is 0 Å². The maximum Gasteiger partial charge on any atom is 0.417 e. The Balaban J connectivity index is 1.42. The van der Waals surface area contributed by atoms with E-state index in [9.17, 15) is 32.8 Å². The molecule has 2 aromatic heterocycles. The minimum atomic E-state index is -4.94. The molecule has 0 bridgehead atoms. The van der Waals surface area contributed by atoms with Crippen LogP contribution < -0.4 is 15.6 Å². The van der Waals surface area contributed by atoms with E-state index in [1.807, 2.05) is 26.0 Å². The molecule has 1 amide bonds. The normalized spacial score (nSPS) is 11.8. The van der Waals surface area contributed by atoms with Gasteiger partial charge in [-0.15, -0.1) is 0 Å². The molecule has 49 heavy (non-hydrogen) atoms. The Hall–Kier alpha value is -6.16. The third kappa shape index (κ3) is 7.87. The van der Waals surface area contributed by atoms with Gasteiger partial charge in [-0.3, -0.25) is 9.59 Å². The molecule has 250 valence electrons. The molecule has 0 radical (unpaired) electrons. The fraction of sp³-hybridized carbons (Fsp3) is 0.194. The Kier molecular flexibility index (Phi) is 9.98. The van der Waals surface area contributed by atoms with E-state index in [4.69, 9.17) is 9.47 Å². The number of nitrogens with one attached hydrogen (secondary N) is 2. The number of ether oxygens (including phenoxy) is 2. The molecule has 0 unspecified atom stereocenters. The number of aromatic amines is 1. The molecular formula is C36H30F3N5O5. The number of aryl methyl sites for hydroxylation is 2. The molecule has 0 aliphatic heterocycles. The fourth-order valence-corrected chi connectivity index (χ4v) is 5.29. The highest BCUT2D eigenvalue weighted by molar-refractivity contribution is 5.97. The molecule has 2 heterocycles. The lowest BCUT2D eigenvalue weighted by atomic mass is 10.0. The zero-order valence-corrected chi connectivity index (χ0v) is 26.6. The van der Waals surface area contributed by atoms with E-state index in [0.717, 1.165) is 21.8 Å². The zero-order valence-electron chi connectivity index (χ0n) is 26.6. The molecule has 5 rings (SSSR count). The topological polar surface area (TPSA) is 139 Å². The number of carbonyl (C=O) groups excluding carboxylic acids is 2. The standard InChI is InChI=1S/C36H30F3N5O5/c1-21-7-8-25(22(2)13-21)19-44-32(16-30(36(37,38)39)29(17-40)34(44)46)23-9-11-27(12-10-23)49-28-6-4-5-24(14-28)33(45)43-31(35(47)48-3)15-26-18-41-20-42-26/h4-14,16,18,20,31H,15,19H2,1-3H3,(H,41,42)(H,43,45)/t31-/m0/s1. The summed E-state index contributed by atoms with van der Waals surface area (Å²) in [5.41, 5.74) is 0.244. The Morgan fingerprint density at radius 2 is 1.80 bits per heavy atom. The van der Waals surface area contributed by atoms with Gasteiger partial charge in [0.1, 0.15) is 29.2 Å². The molecule has 1 atom stereocenters. The second-order valence-corrected chi connectivity index (χ2v) is 11.2. The van der Waals surface area contributed by atoms with Gasteiger partial charge < -0.3 is 24.3 Å². The minimum Gasteiger partial charge on any atom is -0.467 e. The number of alkyl halides is 3. The predicted octanol–water partition coefficient (Wildman–Crippen LogP) is 6.10. The number of hydrogen-bond acceptors (Lipinski definition) is 7. The van der Waals surface area contributed by atoms with Crippen LogP contribution in [0.15, 0.2) is 90.1 Å². The number of pyridine rings is 1. The van der Waals surface area contributed by atoms with Gasteiger partial charge in [0, 0.05) is 23.9 Å².